The summed E-state index contributed by atoms with van der Waals surface area (Å²) >= 11 is 1.38. The Morgan fingerprint density at radius 3 is 2.76 bits per heavy atom. The highest BCUT2D eigenvalue weighted by atomic mass is 32.1. The molecule has 1 aromatic carbocycles. The topological polar surface area (TPSA) is 52.3 Å². The Hall–Kier alpha value is -1.81. The lowest BCUT2D eigenvalue weighted by Crippen LogP contribution is -2.02. The van der Waals surface area contributed by atoms with Gasteiger partial charge in [-0.15, -0.1) is 11.3 Å². The van der Waals surface area contributed by atoms with Gasteiger partial charge in [0.1, 0.15) is 10.6 Å². The fourth-order valence-corrected chi connectivity index (χ4v) is 2.39. The van der Waals surface area contributed by atoms with Crippen molar-refractivity contribution in [3.63, 3.8) is 0 Å². The molecular weight excluding hydrogens is 234 g/mol. The third-order valence-corrected chi connectivity index (χ3v) is 3.48. The van der Waals surface area contributed by atoms with Crippen molar-refractivity contribution in [3.05, 3.63) is 45.6 Å². The maximum Gasteiger partial charge on any atom is 0.206 e. The predicted octanol–water partition coefficient (Wildman–Crippen LogP) is 2.88. The van der Waals surface area contributed by atoms with Crippen LogP contribution in [0.4, 0.5) is 5.69 Å². The van der Waals surface area contributed by atoms with Crippen molar-refractivity contribution >= 4 is 22.8 Å². The summed E-state index contributed by atoms with van der Waals surface area (Å²) < 4.78 is 5.15. The number of ketones is 1. The molecule has 1 heterocycles. The molecule has 4 heteroatoms. The molecule has 0 spiro atoms. The maximum atomic E-state index is 12.2. The summed E-state index contributed by atoms with van der Waals surface area (Å²) in [5.74, 6) is 0.592. The monoisotopic (exact) mass is 247 g/mol. The normalized spacial score (nSPS) is 10.2. The minimum Gasteiger partial charge on any atom is -0.495 e. The third-order valence-electron chi connectivity index (χ3n) is 2.59. The van der Waals surface area contributed by atoms with E-state index >= 15 is 0 Å². The first-order valence-electron chi connectivity index (χ1n) is 5.16. The van der Waals surface area contributed by atoms with Gasteiger partial charge in [0, 0.05) is 11.3 Å². The predicted molar refractivity (Wildman–Crippen MR) is 69.9 cm³/mol. The lowest BCUT2D eigenvalue weighted by molar-refractivity contribution is 0.104. The van der Waals surface area contributed by atoms with Gasteiger partial charge in [-0.1, -0.05) is 0 Å². The second-order valence-corrected chi connectivity index (χ2v) is 4.63. The molecule has 0 aliphatic rings. The molecule has 2 N–H and O–H groups in total. The number of hydrogen-bond acceptors (Lipinski definition) is 4. The number of hydrogen-bond donors (Lipinski definition) is 1. The molecule has 0 atom stereocenters. The van der Waals surface area contributed by atoms with Gasteiger partial charge in [-0.25, -0.2) is 0 Å². The minimum absolute atomic E-state index is 0.0278. The van der Waals surface area contributed by atoms with Crippen molar-refractivity contribution in [3.8, 4) is 5.75 Å². The number of thiophene rings is 1. The summed E-state index contributed by atoms with van der Waals surface area (Å²) in [5, 5.41) is 1.84. The van der Waals surface area contributed by atoms with Crippen LogP contribution in [0, 0.1) is 6.92 Å². The molecule has 2 rings (SSSR count). The Morgan fingerprint density at radius 1 is 1.35 bits per heavy atom. The minimum atomic E-state index is -0.0278. The van der Waals surface area contributed by atoms with Crippen LogP contribution in [0.2, 0.25) is 0 Å². The van der Waals surface area contributed by atoms with Gasteiger partial charge in [0.25, 0.3) is 0 Å². The number of anilines is 1. The van der Waals surface area contributed by atoms with E-state index in [0.29, 0.717) is 21.9 Å². The summed E-state index contributed by atoms with van der Waals surface area (Å²) in [6, 6.07) is 7.09. The Kier molecular flexibility index (Phi) is 3.15. The highest BCUT2D eigenvalue weighted by molar-refractivity contribution is 7.12. The Bertz CT molecular complexity index is 560. The SMILES string of the molecule is COc1ccsc1C(=O)c1ccc(N)c(C)c1. The smallest absolute Gasteiger partial charge is 0.206 e. The van der Waals surface area contributed by atoms with E-state index in [0.717, 1.165) is 5.56 Å². The van der Waals surface area contributed by atoms with E-state index in [4.69, 9.17) is 10.5 Å². The first kappa shape index (κ1) is 11.7. The van der Waals surface area contributed by atoms with Crippen LogP contribution in [-0.2, 0) is 0 Å². The van der Waals surface area contributed by atoms with Crippen molar-refractivity contribution in [2.75, 3.05) is 12.8 Å². The Balaban J connectivity index is 2.40. The van der Waals surface area contributed by atoms with E-state index in [1.54, 1.807) is 31.4 Å². The molecule has 88 valence electrons. The first-order valence-corrected chi connectivity index (χ1v) is 6.03. The second-order valence-electron chi connectivity index (χ2n) is 3.72. The number of aryl methyl sites for hydroxylation is 1. The van der Waals surface area contributed by atoms with Crippen LogP contribution in [0.25, 0.3) is 0 Å². The molecule has 0 unspecified atom stereocenters. The summed E-state index contributed by atoms with van der Waals surface area (Å²) in [5.41, 5.74) is 7.97. The molecule has 0 fully saturated rings. The quantitative estimate of drug-likeness (QED) is 0.670. The first-order chi connectivity index (χ1) is 8.13. The highest BCUT2D eigenvalue weighted by Gasteiger charge is 2.16. The summed E-state index contributed by atoms with van der Waals surface area (Å²) in [7, 11) is 1.56. The molecule has 0 bridgehead atoms. The second kappa shape index (κ2) is 4.59. The van der Waals surface area contributed by atoms with Gasteiger partial charge in [-0.05, 0) is 42.1 Å². The number of nitrogen functional groups attached to an aromatic ring is 1. The lowest BCUT2D eigenvalue weighted by Gasteiger charge is -2.05. The molecule has 0 aliphatic heterocycles. The van der Waals surface area contributed by atoms with Crippen LogP contribution >= 0.6 is 11.3 Å². The lowest BCUT2D eigenvalue weighted by atomic mass is 10.1. The number of rotatable bonds is 3. The molecule has 0 aliphatic carbocycles. The fourth-order valence-electron chi connectivity index (χ4n) is 1.57. The van der Waals surface area contributed by atoms with E-state index < -0.39 is 0 Å². The molecule has 0 radical (unpaired) electrons. The Morgan fingerprint density at radius 2 is 2.12 bits per heavy atom. The third kappa shape index (κ3) is 2.17. The van der Waals surface area contributed by atoms with Gasteiger partial charge >= 0.3 is 0 Å². The number of methoxy groups -OCH3 is 1. The van der Waals surface area contributed by atoms with E-state index in [1.807, 2.05) is 12.3 Å². The van der Waals surface area contributed by atoms with E-state index in [2.05, 4.69) is 0 Å². The van der Waals surface area contributed by atoms with Crippen LogP contribution in [0.3, 0.4) is 0 Å². The van der Waals surface area contributed by atoms with Gasteiger partial charge in [0.05, 0.1) is 7.11 Å². The van der Waals surface area contributed by atoms with Crippen molar-refractivity contribution in [2.45, 2.75) is 6.92 Å². The summed E-state index contributed by atoms with van der Waals surface area (Å²) in [6.07, 6.45) is 0. The zero-order chi connectivity index (χ0) is 12.4. The van der Waals surface area contributed by atoms with Crippen LogP contribution in [-0.4, -0.2) is 12.9 Å². The number of benzene rings is 1. The zero-order valence-electron chi connectivity index (χ0n) is 9.69. The van der Waals surface area contributed by atoms with Crippen LogP contribution < -0.4 is 10.5 Å². The molecule has 0 amide bonds. The fraction of sp³-hybridized carbons (Fsp3) is 0.154. The molecule has 2 aromatic rings. The van der Waals surface area contributed by atoms with Crippen molar-refractivity contribution in [2.24, 2.45) is 0 Å². The number of nitrogens with two attached hydrogens (primary N) is 1. The summed E-state index contributed by atoms with van der Waals surface area (Å²) in [4.78, 5) is 12.9. The van der Waals surface area contributed by atoms with Gasteiger partial charge in [-0.3, -0.25) is 4.79 Å². The van der Waals surface area contributed by atoms with E-state index in [-0.39, 0.29) is 5.78 Å². The van der Waals surface area contributed by atoms with E-state index in [9.17, 15) is 4.79 Å². The molecule has 3 nitrogen and oxygen atoms in total. The molecule has 1 aromatic heterocycles. The van der Waals surface area contributed by atoms with Crippen molar-refractivity contribution in [1.29, 1.82) is 0 Å². The van der Waals surface area contributed by atoms with Gasteiger partial charge < -0.3 is 10.5 Å². The summed E-state index contributed by atoms with van der Waals surface area (Å²) in [6.45, 7) is 1.89. The maximum absolute atomic E-state index is 12.2. The van der Waals surface area contributed by atoms with Gasteiger partial charge in [0.2, 0.25) is 5.78 Å². The largest absolute Gasteiger partial charge is 0.495 e. The molecule has 0 saturated heterocycles. The molecular formula is C13H13NO2S. The highest BCUT2D eigenvalue weighted by Crippen LogP contribution is 2.27. The van der Waals surface area contributed by atoms with Gasteiger partial charge in [0.15, 0.2) is 0 Å². The standard InChI is InChI=1S/C13H13NO2S/c1-8-7-9(3-4-10(8)14)12(15)13-11(16-2)5-6-17-13/h3-7H,14H2,1-2H3. The number of ether oxygens (including phenoxy) is 1. The van der Waals surface area contributed by atoms with Gasteiger partial charge in [-0.2, -0.15) is 0 Å². The van der Waals surface area contributed by atoms with Crippen LogP contribution in [0.1, 0.15) is 20.8 Å². The zero-order valence-corrected chi connectivity index (χ0v) is 10.5. The number of carbonyl (C=O) groups excluding carboxylic acids is 1. The van der Waals surface area contributed by atoms with Crippen molar-refractivity contribution < 1.29 is 9.53 Å². The van der Waals surface area contributed by atoms with E-state index in [1.165, 1.54) is 11.3 Å². The average molecular weight is 247 g/mol. The average Bonchev–Trinajstić information content (AvgIpc) is 2.80. The number of carbonyl (C=O) groups is 1. The van der Waals surface area contributed by atoms with Crippen molar-refractivity contribution in [1.82, 2.24) is 0 Å². The molecule has 17 heavy (non-hydrogen) atoms. The van der Waals surface area contributed by atoms with Crippen LogP contribution in [0.5, 0.6) is 5.75 Å². The van der Waals surface area contributed by atoms with Crippen LogP contribution in [0.15, 0.2) is 29.6 Å². The molecule has 0 saturated carbocycles. The Labute approximate surface area is 104 Å².